The molecule has 6 nitrogen and oxygen atoms in total. The van der Waals surface area contributed by atoms with Gasteiger partial charge in [-0.3, -0.25) is 0 Å². The lowest BCUT2D eigenvalue weighted by Crippen LogP contribution is -2.06. The van der Waals surface area contributed by atoms with Crippen LogP contribution in [0.3, 0.4) is 0 Å². The van der Waals surface area contributed by atoms with Gasteiger partial charge in [-0.1, -0.05) is 0 Å². The number of benzene rings is 1. The van der Waals surface area contributed by atoms with Crippen molar-refractivity contribution >= 4 is 29.2 Å². The van der Waals surface area contributed by atoms with Crippen molar-refractivity contribution in [2.45, 2.75) is 6.92 Å². The lowest BCUT2D eigenvalue weighted by molar-refractivity contribution is 0.624. The Morgan fingerprint density at radius 1 is 1.30 bits per heavy atom. The summed E-state index contributed by atoms with van der Waals surface area (Å²) in [6.07, 6.45) is 0. The normalized spacial score (nSPS) is 9.90. The quantitative estimate of drug-likeness (QED) is 0.901. The summed E-state index contributed by atoms with van der Waals surface area (Å²) in [7, 11) is 0. The summed E-state index contributed by atoms with van der Waals surface area (Å²) in [5, 5.41) is 14.6. The molecule has 0 saturated carbocycles. The van der Waals surface area contributed by atoms with Crippen LogP contribution in [0.2, 0.25) is 5.28 Å². The van der Waals surface area contributed by atoms with E-state index in [2.05, 4.69) is 25.6 Å². The molecule has 2 rings (SSSR count). The number of anilines is 3. The molecule has 0 aliphatic heterocycles. The maximum Gasteiger partial charge on any atom is 0.233 e. The number of hydrogen-bond donors (Lipinski definition) is 2. The molecule has 2 aromatic rings. The maximum absolute atomic E-state index is 13.2. The summed E-state index contributed by atoms with van der Waals surface area (Å²) in [5.41, 5.74) is 0.412. The first-order chi connectivity index (χ1) is 9.62. The van der Waals surface area contributed by atoms with Gasteiger partial charge < -0.3 is 10.6 Å². The van der Waals surface area contributed by atoms with Gasteiger partial charge in [0.25, 0.3) is 0 Å². The Balaban J connectivity index is 2.28. The van der Waals surface area contributed by atoms with Crippen LogP contribution in [0, 0.1) is 17.1 Å². The van der Waals surface area contributed by atoms with Crippen molar-refractivity contribution in [3.05, 3.63) is 34.9 Å². The van der Waals surface area contributed by atoms with Gasteiger partial charge in [0.1, 0.15) is 11.9 Å². The van der Waals surface area contributed by atoms with E-state index in [0.29, 0.717) is 18.2 Å². The molecule has 8 heteroatoms. The fourth-order valence-electron chi connectivity index (χ4n) is 1.46. The molecule has 1 aromatic heterocycles. The summed E-state index contributed by atoms with van der Waals surface area (Å²) < 4.78 is 13.2. The molecule has 102 valence electrons. The lowest BCUT2D eigenvalue weighted by Gasteiger charge is -2.07. The summed E-state index contributed by atoms with van der Waals surface area (Å²) >= 11 is 5.78. The van der Waals surface area contributed by atoms with Gasteiger partial charge in [0.2, 0.25) is 17.2 Å². The van der Waals surface area contributed by atoms with E-state index in [0.717, 1.165) is 0 Å². The van der Waals surface area contributed by atoms with E-state index in [1.54, 1.807) is 6.07 Å². The topological polar surface area (TPSA) is 86.5 Å². The summed E-state index contributed by atoms with van der Waals surface area (Å²) in [4.78, 5) is 11.9. The molecule has 20 heavy (non-hydrogen) atoms. The second kappa shape index (κ2) is 6.12. The largest absolute Gasteiger partial charge is 0.354 e. The van der Waals surface area contributed by atoms with Crippen molar-refractivity contribution in [1.29, 1.82) is 5.26 Å². The Kier molecular flexibility index (Phi) is 4.27. The molecule has 0 amide bonds. The first kappa shape index (κ1) is 14.0. The minimum absolute atomic E-state index is 0.0288. The minimum Gasteiger partial charge on any atom is -0.354 e. The Labute approximate surface area is 119 Å². The number of aromatic nitrogens is 3. The van der Waals surface area contributed by atoms with E-state index in [1.807, 2.05) is 6.92 Å². The fourth-order valence-corrected chi connectivity index (χ4v) is 1.62. The SMILES string of the molecule is CCNc1nc(Cl)nc(Nc2ccc(F)c(C#N)c2)n1. The Morgan fingerprint density at radius 2 is 2.05 bits per heavy atom. The molecule has 1 aromatic carbocycles. The number of rotatable bonds is 4. The molecule has 0 aliphatic rings. The Hall–Kier alpha value is -2.46. The summed E-state index contributed by atoms with van der Waals surface area (Å²) in [5.74, 6) is -0.0471. The molecule has 0 fully saturated rings. The highest BCUT2D eigenvalue weighted by Crippen LogP contribution is 2.18. The third-order valence-electron chi connectivity index (χ3n) is 2.29. The molecule has 0 atom stereocenters. The van der Waals surface area contributed by atoms with E-state index in [9.17, 15) is 4.39 Å². The van der Waals surface area contributed by atoms with E-state index in [1.165, 1.54) is 18.2 Å². The van der Waals surface area contributed by atoms with Crippen LogP contribution >= 0.6 is 11.6 Å². The minimum atomic E-state index is -0.583. The van der Waals surface area contributed by atoms with Gasteiger partial charge >= 0.3 is 0 Å². The molecule has 0 aliphatic carbocycles. The van der Waals surface area contributed by atoms with E-state index < -0.39 is 5.82 Å². The van der Waals surface area contributed by atoms with Crippen LogP contribution in [0.1, 0.15) is 12.5 Å². The maximum atomic E-state index is 13.2. The number of nitrogens with one attached hydrogen (secondary N) is 2. The second-order valence-electron chi connectivity index (χ2n) is 3.71. The monoisotopic (exact) mass is 292 g/mol. The van der Waals surface area contributed by atoms with Crippen molar-refractivity contribution in [2.24, 2.45) is 0 Å². The van der Waals surface area contributed by atoms with Gasteiger partial charge in [-0.25, -0.2) is 4.39 Å². The first-order valence-electron chi connectivity index (χ1n) is 5.74. The zero-order valence-electron chi connectivity index (χ0n) is 10.5. The molecular weight excluding hydrogens is 283 g/mol. The van der Waals surface area contributed by atoms with E-state index in [4.69, 9.17) is 16.9 Å². The highest BCUT2D eigenvalue weighted by Gasteiger charge is 2.07. The molecule has 0 unspecified atom stereocenters. The summed E-state index contributed by atoms with van der Waals surface area (Å²) in [6.45, 7) is 2.53. The van der Waals surface area contributed by atoms with E-state index in [-0.39, 0.29) is 16.8 Å². The lowest BCUT2D eigenvalue weighted by atomic mass is 10.2. The van der Waals surface area contributed by atoms with Gasteiger partial charge in [0.05, 0.1) is 5.56 Å². The fraction of sp³-hybridized carbons (Fsp3) is 0.167. The third-order valence-corrected chi connectivity index (χ3v) is 2.45. The molecule has 0 spiro atoms. The molecule has 2 N–H and O–H groups in total. The molecule has 0 bridgehead atoms. The smallest absolute Gasteiger partial charge is 0.233 e. The Morgan fingerprint density at radius 3 is 2.75 bits per heavy atom. The van der Waals surface area contributed by atoms with Crippen molar-refractivity contribution in [1.82, 2.24) is 15.0 Å². The Bertz CT molecular complexity index is 669. The molecule has 0 radical (unpaired) electrons. The summed E-state index contributed by atoms with van der Waals surface area (Å²) in [6, 6.07) is 5.78. The predicted octanol–water partition coefficient (Wildman–Crippen LogP) is 2.71. The van der Waals surface area contributed by atoms with E-state index >= 15 is 0 Å². The molecule has 1 heterocycles. The number of halogens is 2. The molecule has 0 saturated heterocycles. The van der Waals surface area contributed by atoms with Crippen LogP contribution in [0.5, 0.6) is 0 Å². The number of hydrogen-bond acceptors (Lipinski definition) is 6. The number of nitrogens with zero attached hydrogens (tertiary/aromatic N) is 4. The number of nitriles is 1. The van der Waals surface area contributed by atoms with Gasteiger partial charge in [0, 0.05) is 12.2 Å². The van der Waals surface area contributed by atoms with Crippen LogP contribution < -0.4 is 10.6 Å². The van der Waals surface area contributed by atoms with Crippen molar-refractivity contribution < 1.29 is 4.39 Å². The second-order valence-corrected chi connectivity index (χ2v) is 4.05. The van der Waals surface area contributed by atoms with Gasteiger partial charge in [-0.05, 0) is 36.7 Å². The highest BCUT2D eigenvalue weighted by atomic mass is 35.5. The van der Waals surface area contributed by atoms with Crippen LogP contribution in [0.25, 0.3) is 0 Å². The average molecular weight is 293 g/mol. The van der Waals surface area contributed by atoms with Gasteiger partial charge in [0.15, 0.2) is 0 Å². The van der Waals surface area contributed by atoms with Crippen molar-refractivity contribution in [3.8, 4) is 6.07 Å². The highest BCUT2D eigenvalue weighted by molar-refractivity contribution is 6.28. The average Bonchev–Trinajstić information content (AvgIpc) is 2.40. The van der Waals surface area contributed by atoms with Crippen LogP contribution in [0.15, 0.2) is 18.2 Å². The van der Waals surface area contributed by atoms with Crippen LogP contribution in [-0.2, 0) is 0 Å². The third kappa shape index (κ3) is 3.30. The predicted molar refractivity (Wildman–Crippen MR) is 73.4 cm³/mol. The molecular formula is C12H10ClFN6. The van der Waals surface area contributed by atoms with Crippen LogP contribution in [-0.4, -0.2) is 21.5 Å². The zero-order valence-corrected chi connectivity index (χ0v) is 11.2. The zero-order chi connectivity index (χ0) is 14.5. The van der Waals surface area contributed by atoms with Gasteiger partial charge in [-0.2, -0.15) is 20.2 Å². The van der Waals surface area contributed by atoms with Crippen molar-refractivity contribution in [2.75, 3.05) is 17.2 Å². The first-order valence-corrected chi connectivity index (χ1v) is 6.12. The van der Waals surface area contributed by atoms with Crippen molar-refractivity contribution in [3.63, 3.8) is 0 Å². The van der Waals surface area contributed by atoms with Crippen LogP contribution in [0.4, 0.5) is 22.0 Å². The van der Waals surface area contributed by atoms with Gasteiger partial charge in [-0.15, -0.1) is 0 Å². The standard InChI is InChI=1S/C12H10ClFN6/c1-2-16-11-18-10(13)19-12(20-11)17-8-3-4-9(14)7(5-8)6-15/h3-5H,2H2,1H3,(H2,16,17,18,19,20).